The molecule has 18 heavy (non-hydrogen) atoms. The molecular formula is C18H22. The predicted octanol–water partition coefficient (Wildman–Crippen LogP) is 5.45. The summed E-state index contributed by atoms with van der Waals surface area (Å²) < 4.78 is 0. The molecule has 0 unspecified atom stereocenters. The lowest BCUT2D eigenvalue weighted by Crippen LogP contribution is -1.85. The smallest absolute Gasteiger partial charge is 0.00137 e. The highest BCUT2D eigenvalue weighted by molar-refractivity contribution is 5.64. The van der Waals surface area contributed by atoms with Crippen LogP contribution in [0.15, 0.2) is 83.6 Å². The lowest BCUT2D eigenvalue weighted by molar-refractivity contribution is 1.24. The summed E-state index contributed by atoms with van der Waals surface area (Å²) in [5.74, 6) is 0. The molecule has 0 aliphatic heterocycles. The van der Waals surface area contributed by atoms with Gasteiger partial charge in [0.2, 0.25) is 0 Å². The minimum absolute atomic E-state index is 0.937. The van der Waals surface area contributed by atoms with Crippen LogP contribution in [0, 0.1) is 0 Å². The molecule has 0 N–H and O–H groups in total. The normalized spacial score (nSPS) is 20.7. The molecule has 1 aliphatic carbocycles. The molecule has 0 radical (unpaired) electrons. The van der Waals surface area contributed by atoms with Crippen molar-refractivity contribution in [2.75, 3.05) is 0 Å². The molecular weight excluding hydrogens is 216 g/mol. The van der Waals surface area contributed by atoms with E-state index in [1.165, 1.54) is 27.9 Å². The van der Waals surface area contributed by atoms with Gasteiger partial charge >= 0.3 is 0 Å². The third-order valence-electron chi connectivity index (χ3n) is 3.01. The van der Waals surface area contributed by atoms with E-state index in [0.717, 1.165) is 12.0 Å². The Kier molecular flexibility index (Phi) is 4.91. The van der Waals surface area contributed by atoms with E-state index in [9.17, 15) is 0 Å². The maximum atomic E-state index is 3.96. The second kappa shape index (κ2) is 6.20. The second-order valence-electron chi connectivity index (χ2n) is 4.63. The van der Waals surface area contributed by atoms with Crippen molar-refractivity contribution < 1.29 is 0 Å². The summed E-state index contributed by atoms with van der Waals surface area (Å²) in [6, 6.07) is 0. The topological polar surface area (TPSA) is 0 Å². The molecule has 0 nitrogen and oxygen atoms in total. The lowest BCUT2D eigenvalue weighted by Gasteiger charge is -2.04. The van der Waals surface area contributed by atoms with E-state index in [-0.39, 0.29) is 0 Å². The average molecular weight is 238 g/mol. The quantitative estimate of drug-likeness (QED) is 0.571. The number of hydrogen-bond donors (Lipinski definition) is 0. The van der Waals surface area contributed by atoms with Crippen molar-refractivity contribution >= 4 is 0 Å². The molecule has 0 atom stereocenters. The van der Waals surface area contributed by atoms with Gasteiger partial charge in [0.15, 0.2) is 0 Å². The first-order valence-corrected chi connectivity index (χ1v) is 6.23. The Morgan fingerprint density at radius 2 is 1.89 bits per heavy atom. The fraction of sp³-hybridized carbons (Fsp3) is 0.222. The largest absolute Gasteiger partial charge is 0.0988 e. The van der Waals surface area contributed by atoms with Crippen molar-refractivity contribution in [1.82, 2.24) is 0 Å². The maximum absolute atomic E-state index is 3.96. The number of allylic oxidation sites excluding steroid dienone is 11. The van der Waals surface area contributed by atoms with Gasteiger partial charge in [0.25, 0.3) is 0 Å². The molecule has 0 spiro atoms. The van der Waals surface area contributed by atoms with E-state index in [1.807, 2.05) is 19.1 Å². The lowest BCUT2D eigenvalue weighted by atomic mass is 10.0. The Morgan fingerprint density at radius 3 is 2.33 bits per heavy atom. The summed E-state index contributed by atoms with van der Waals surface area (Å²) in [4.78, 5) is 0. The molecule has 0 heteroatoms. The average Bonchev–Trinajstić information content (AvgIpc) is 2.65. The molecule has 0 aromatic carbocycles. The standard InChI is InChI=1S/C18H22/c1-7-14(6)11-18-15(8-2)12-16(10-13(4)5)17(18)9-3/h7-11H,1-2,4,12H2,3,5-6H3/b14-11-,16-10-,17-9+. The third-order valence-corrected chi connectivity index (χ3v) is 3.01. The van der Waals surface area contributed by atoms with Crippen LogP contribution in [-0.2, 0) is 0 Å². The van der Waals surface area contributed by atoms with Crippen LogP contribution in [-0.4, -0.2) is 0 Å². The Hall–Kier alpha value is -1.82. The van der Waals surface area contributed by atoms with Crippen LogP contribution in [0.25, 0.3) is 0 Å². The predicted molar refractivity (Wildman–Crippen MR) is 82.4 cm³/mol. The summed E-state index contributed by atoms with van der Waals surface area (Å²) in [6.45, 7) is 17.8. The van der Waals surface area contributed by atoms with Crippen LogP contribution < -0.4 is 0 Å². The van der Waals surface area contributed by atoms with Crippen molar-refractivity contribution in [1.29, 1.82) is 0 Å². The minimum atomic E-state index is 0.937. The van der Waals surface area contributed by atoms with Gasteiger partial charge in [-0.15, -0.1) is 0 Å². The summed E-state index contributed by atoms with van der Waals surface area (Å²) >= 11 is 0. The van der Waals surface area contributed by atoms with E-state index in [4.69, 9.17) is 0 Å². The van der Waals surface area contributed by atoms with Gasteiger partial charge in [0.05, 0.1) is 0 Å². The molecule has 0 saturated heterocycles. The molecule has 94 valence electrons. The summed E-state index contributed by atoms with van der Waals surface area (Å²) in [5, 5.41) is 0. The summed E-state index contributed by atoms with van der Waals surface area (Å²) in [5.41, 5.74) is 7.39. The first-order valence-electron chi connectivity index (χ1n) is 6.23. The molecule has 0 bridgehead atoms. The fourth-order valence-electron chi connectivity index (χ4n) is 2.15. The van der Waals surface area contributed by atoms with Gasteiger partial charge in [-0.25, -0.2) is 0 Å². The highest BCUT2D eigenvalue weighted by Gasteiger charge is 2.20. The SMILES string of the molecule is C=CC1=C(/C=C(/C)C=C)C(=C/C)/C(=C\C(=C)C)C1. The molecule has 1 aliphatic rings. The Bertz CT molecular complexity index is 502. The highest BCUT2D eigenvalue weighted by Crippen LogP contribution is 2.38. The molecule has 0 amide bonds. The number of rotatable bonds is 4. The van der Waals surface area contributed by atoms with Crippen LogP contribution >= 0.6 is 0 Å². The van der Waals surface area contributed by atoms with Gasteiger partial charge < -0.3 is 0 Å². The fourth-order valence-corrected chi connectivity index (χ4v) is 2.15. The molecule has 0 aromatic rings. The zero-order valence-electron chi connectivity index (χ0n) is 11.7. The monoisotopic (exact) mass is 238 g/mol. The third kappa shape index (κ3) is 3.10. The zero-order valence-corrected chi connectivity index (χ0v) is 11.7. The van der Waals surface area contributed by atoms with Gasteiger partial charge in [0, 0.05) is 0 Å². The first kappa shape index (κ1) is 14.2. The van der Waals surface area contributed by atoms with Gasteiger partial charge in [-0.05, 0) is 49.5 Å². The molecule has 0 heterocycles. The van der Waals surface area contributed by atoms with Crippen molar-refractivity contribution in [2.45, 2.75) is 27.2 Å². The van der Waals surface area contributed by atoms with Crippen molar-refractivity contribution in [2.24, 2.45) is 0 Å². The van der Waals surface area contributed by atoms with Crippen molar-refractivity contribution in [3.8, 4) is 0 Å². The van der Waals surface area contributed by atoms with Crippen molar-refractivity contribution in [3.63, 3.8) is 0 Å². The van der Waals surface area contributed by atoms with E-state index in [1.54, 1.807) is 0 Å². The van der Waals surface area contributed by atoms with Gasteiger partial charge in [-0.1, -0.05) is 61.3 Å². The molecule has 0 fully saturated rings. The van der Waals surface area contributed by atoms with Gasteiger partial charge in [-0.3, -0.25) is 0 Å². The first-order chi connectivity index (χ1) is 8.53. The summed E-state index contributed by atoms with van der Waals surface area (Å²) in [7, 11) is 0. The second-order valence-corrected chi connectivity index (χ2v) is 4.63. The van der Waals surface area contributed by atoms with Gasteiger partial charge in [-0.2, -0.15) is 0 Å². The zero-order chi connectivity index (χ0) is 13.7. The van der Waals surface area contributed by atoms with E-state index < -0.39 is 0 Å². The van der Waals surface area contributed by atoms with E-state index in [2.05, 4.69) is 51.8 Å². The van der Waals surface area contributed by atoms with E-state index in [0.29, 0.717) is 0 Å². The Balaban J connectivity index is 3.32. The van der Waals surface area contributed by atoms with E-state index >= 15 is 0 Å². The van der Waals surface area contributed by atoms with Crippen LogP contribution in [0.5, 0.6) is 0 Å². The highest BCUT2D eigenvalue weighted by atomic mass is 14.2. The molecule has 0 saturated carbocycles. The Labute approximate surface area is 111 Å². The maximum Gasteiger partial charge on any atom is -0.00137 e. The van der Waals surface area contributed by atoms with Crippen LogP contribution in [0.3, 0.4) is 0 Å². The minimum Gasteiger partial charge on any atom is -0.0988 e. The Morgan fingerprint density at radius 1 is 1.22 bits per heavy atom. The van der Waals surface area contributed by atoms with Gasteiger partial charge in [0.1, 0.15) is 0 Å². The molecule has 1 rings (SSSR count). The number of hydrogen-bond acceptors (Lipinski definition) is 0. The van der Waals surface area contributed by atoms with Crippen molar-refractivity contribution in [3.05, 3.63) is 83.6 Å². The summed E-state index contributed by atoms with van der Waals surface area (Å²) in [6.07, 6.45) is 11.3. The molecule has 0 aromatic heterocycles. The van der Waals surface area contributed by atoms with Crippen LogP contribution in [0.1, 0.15) is 27.2 Å². The van der Waals surface area contributed by atoms with Crippen LogP contribution in [0.2, 0.25) is 0 Å². The van der Waals surface area contributed by atoms with Crippen LogP contribution in [0.4, 0.5) is 0 Å².